The Balaban J connectivity index is 1.82. The molecular weight excluding hydrogens is 416 g/mol. The largest absolute Gasteiger partial charge is 0.490 e. The molecule has 4 atom stereocenters. The number of ether oxygens (including phenoxy) is 1. The Bertz CT molecular complexity index is 1100. The number of aryl methyl sites for hydroxylation is 1. The molecule has 2 fully saturated rings. The molecule has 0 radical (unpaired) electrons. The molecule has 2 amide bonds. The van der Waals surface area contributed by atoms with Crippen LogP contribution in [0.2, 0.25) is 0 Å². The van der Waals surface area contributed by atoms with E-state index >= 15 is 0 Å². The highest BCUT2D eigenvalue weighted by molar-refractivity contribution is 6.24. The van der Waals surface area contributed by atoms with Gasteiger partial charge in [-0.15, -0.1) is 0 Å². The number of nitrogens with zero attached hydrogens (tertiary/aromatic N) is 4. The molecule has 10 heteroatoms. The lowest BCUT2D eigenvalue weighted by atomic mass is 9.80. The van der Waals surface area contributed by atoms with Gasteiger partial charge in [0.2, 0.25) is 11.8 Å². The first-order chi connectivity index (χ1) is 15.0. The zero-order chi connectivity index (χ0) is 23.5. The van der Waals surface area contributed by atoms with Gasteiger partial charge in [0, 0.05) is 23.8 Å². The number of fused-ring (bicyclic) bond motifs is 3. The standard InChI is InChI=1S/C22H24N4O6/c1-11-9-14(26(30)31)15(32-5)10-13(11)24-20(28)16-12-7-6-8-23-25(12)18(17(16)21(24)29)19(27)22(2,3)4/h6-10,12,16-18H,1-5H3/t12-,16+,17+,18+/m1/s1. The van der Waals surface area contributed by atoms with E-state index in [2.05, 4.69) is 5.10 Å². The van der Waals surface area contributed by atoms with E-state index in [4.69, 9.17) is 4.74 Å². The van der Waals surface area contributed by atoms with Gasteiger partial charge in [-0.25, -0.2) is 4.90 Å². The van der Waals surface area contributed by atoms with Gasteiger partial charge in [-0.1, -0.05) is 26.8 Å². The number of benzene rings is 1. The van der Waals surface area contributed by atoms with Crippen LogP contribution in [0.15, 0.2) is 29.4 Å². The Morgan fingerprint density at radius 2 is 1.84 bits per heavy atom. The zero-order valence-corrected chi connectivity index (χ0v) is 18.4. The molecule has 4 rings (SSSR count). The molecule has 0 N–H and O–H groups in total. The van der Waals surface area contributed by atoms with Crippen LogP contribution in [0.25, 0.3) is 0 Å². The predicted molar refractivity (Wildman–Crippen MR) is 115 cm³/mol. The van der Waals surface area contributed by atoms with E-state index in [1.54, 1.807) is 51.1 Å². The third-order valence-corrected chi connectivity index (χ3v) is 6.23. The maximum atomic E-state index is 13.6. The van der Waals surface area contributed by atoms with Crippen LogP contribution in [-0.4, -0.2) is 52.9 Å². The highest BCUT2D eigenvalue weighted by atomic mass is 16.6. The summed E-state index contributed by atoms with van der Waals surface area (Å²) in [6.45, 7) is 6.90. The molecule has 0 bridgehead atoms. The van der Waals surface area contributed by atoms with Crippen molar-refractivity contribution in [3.8, 4) is 5.75 Å². The van der Waals surface area contributed by atoms with Gasteiger partial charge >= 0.3 is 5.69 Å². The van der Waals surface area contributed by atoms with E-state index in [-0.39, 0.29) is 22.9 Å². The van der Waals surface area contributed by atoms with Crippen molar-refractivity contribution in [2.45, 2.75) is 39.8 Å². The fourth-order valence-corrected chi connectivity index (χ4v) is 4.73. The van der Waals surface area contributed by atoms with Crippen LogP contribution in [0.5, 0.6) is 5.75 Å². The molecule has 0 spiro atoms. The first-order valence-electron chi connectivity index (χ1n) is 10.2. The number of ketones is 1. The van der Waals surface area contributed by atoms with Crippen molar-refractivity contribution >= 4 is 35.2 Å². The summed E-state index contributed by atoms with van der Waals surface area (Å²) in [6.07, 6.45) is 5.01. The molecule has 32 heavy (non-hydrogen) atoms. The molecule has 0 aromatic heterocycles. The molecule has 0 saturated carbocycles. The molecular formula is C22H24N4O6. The van der Waals surface area contributed by atoms with Crippen LogP contribution >= 0.6 is 0 Å². The number of allylic oxidation sites excluding steroid dienone is 1. The van der Waals surface area contributed by atoms with Gasteiger partial charge in [0.15, 0.2) is 11.5 Å². The number of carbonyl (C=O) groups is 3. The Labute approximate surface area is 184 Å². The second-order valence-electron chi connectivity index (χ2n) is 9.21. The second kappa shape index (κ2) is 7.25. The van der Waals surface area contributed by atoms with Crippen molar-refractivity contribution in [3.05, 3.63) is 40.0 Å². The summed E-state index contributed by atoms with van der Waals surface area (Å²) >= 11 is 0. The van der Waals surface area contributed by atoms with Crippen molar-refractivity contribution in [3.63, 3.8) is 0 Å². The van der Waals surface area contributed by atoms with Crippen molar-refractivity contribution in [1.82, 2.24) is 5.01 Å². The van der Waals surface area contributed by atoms with Crippen molar-refractivity contribution in [2.75, 3.05) is 12.0 Å². The number of carbonyl (C=O) groups excluding carboxylic acids is 3. The van der Waals surface area contributed by atoms with Crippen LogP contribution in [0.4, 0.5) is 11.4 Å². The lowest BCUT2D eigenvalue weighted by molar-refractivity contribution is -0.385. The molecule has 1 aromatic rings. The van der Waals surface area contributed by atoms with Crippen LogP contribution < -0.4 is 9.64 Å². The molecule has 0 aliphatic carbocycles. The average Bonchev–Trinajstić information content (AvgIpc) is 3.19. The predicted octanol–water partition coefficient (Wildman–Crippen LogP) is 2.24. The average molecular weight is 440 g/mol. The maximum absolute atomic E-state index is 13.6. The Kier molecular flexibility index (Phi) is 4.91. The number of imide groups is 1. The minimum Gasteiger partial charge on any atom is -0.490 e. The number of amides is 2. The van der Waals surface area contributed by atoms with Crippen LogP contribution in [0.1, 0.15) is 26.3 Å². The lowest BCUT2D eigenvalue weighted by Gasteiger charge is -2.33. The summed E-state index contributed by atoms with van der Waals surface area (Å²) in [7, 11) is 1.28. The molecule has 3 heterocycles. The Hall–Kier alpha value is -3.56. The number of Topliss-reactive ketones (excluding diaryl/α,β-unsaturated/α-hetero) is 1. The van der Waals surface area contributed by atoms with E-state index < -0.39 is 46.1 Å². The summed E-state index contributed by atoms with van der Waals surface area (Å²) in [6, 6.07) is 1.20. The number of hydrogen-bond donors (Lipinski definition) is 0. The van der Waals surface area contributed by atoms with E-state index in [1.807, 2.05) is 0 Å². The molecule has 3 aliphatic rings. The van der Waals surface area contributed by atoms with E-state index in [1.165, 1.54) is 19.2 Å². The highest BCUT2D eigenvalue weighted by Crippen LogP contribution is 2.48. The van der Waals surface area contributed by atoms with Gasteiger partial charge in [0.25, 0.3) is 0 Å². The number of nitro benzene ring substituents is 1. The summed E-state index contributed by atoms with van der Waals surface area (Å²) in [5.74, 6) is -2.89. The number of hydrogen-bond acceptors (Lipinski definition) is 8. The fourth-order valence-electron chi connectivity index (χ4n) is 4.73. The number of nitro groups is 1. The van der Waals surface area contributed by atoms with Crippen LogP contribution in [0.3, 0.4) is 0 Å². The summed E-state index contributed by atoms with van der Waals surface area (Å²) in [5.41, 5.74) is -0.408. The van der Waals surface area contributed by atoms with Gasteiger partial charge in [-0.3, -0.25) is 29.5 Å². The number of rotatable bonds is 4. The van der Waals surface area contributed by atoms with E-state index in [9.17, 15) is 24.5 Å². The second-order valence-corrected chi connectivity index (χ2v) is 9.21. The SMILES string of the molecule is COc1cc(N2C(=O)[C@@H]3[C@H](C2=O)[C@@H](C(=O)C(C)(C)C)N2N=CC=C[C@H]32)c(C)cc1[N+](=O)[O-]. The minimum atomic E-state index is -0.903. The summed E-state index contributed by atoms with van der Waals surface area (Å²) in [4.78, 5) is 52.3. The van der Waals surface area contributed by atoms with Crippen LogP contribution in [-0.2, 0) is 14.4 Å². The topological polar surface area (TPSA) is 122 Å². The number of hydrazone groups is 1. The zero-order valence-electron chi connectivity index (χ0n) is 18.4. The third-order valence-electron chi connectivity index (χ3n) is 6.23. The highest BCUT2D eigenvalue weighted by Gasteiger charge is 2.65. The smallest absolute Gasteiger partial charge is 0.311 e. The molecule has 3 aliphatic heterocycles. The van der Waals surface area contributed by atoms with Crippen molar-refractivity contribution in [1.29, 1.82) is 0 Å². The van der Waals surface area contributed by atoms with E-state index in [0.717, 1.165) is 4.90 Å². The van der Waals surface area contributed by atoms with Crippen molar-refractivity contribution < 1.29 is 24.0 Å². The normalized spacial score (nSPS) is 26.4. The van der Waals surface area contributed by atoms with Gasteiger partial charge in [-0.05, 0) is 18.6 Å². The van der Waals surface area contributed by atoms with Gasteiger partial charge in [0.1, 0.15) is 6.04 Å². The van der Waals surface area contributed by atoms with E-state index in [0.29, 0.717) is 5.56 Å². The minimum absolute atomic E-state index is 0.0561. The first-order valence-corrected chi connectivity index (χ1v) is 10.2. The summed E-state index contributed by atoms with van der Waals surface area (Å²) in [5, 5.41) is 17.2. The number of methoxy groups -OCH3 is 1. The molecule has 0 unspecified atom stereocenters. The monoisotopic (exact) mass is 440 g/mol. The molecule has 10 nitrogen and oxygen atoms in total. The van der Waals surface area contributed by atoms with Crippen LogP contribution in [0, 0.1) is 34.3 Å². The van der Waals surface area contributed by atoms with Gasteiger partial charge in [0.05, 0.1) is 35.6 Å². The third kappa shape index (κ3) is 3.01. The number of anilines is 1. The lowest BCUT2D eigenvalue weighted by Crippen LogP contribution is -2.49. The molecule has 2 saturated heterocycles. The maximum Gasteiger partial charge on any atom is 0.311 e. The Morgan fingerprint density at radius 3 is 2.44 bits per heavy atom. The molecule has 1 aromatic carbocycles. The first kappa shape index (κ1) is 21.7. The fraction of sp³-hybridized carbons (Fsp3) is 0.455. The van der Waals surface area contributed by atoms with Gasteiger partial charge in [-0.2, -0.15) is 5.10 Å². The van der Waals surface area contributed by atoms with Gasteiger partial charge < -0.3 is 4.74 Å². The summed E-state index contributed by atoms with van der Waals surface area (Å²) < 4.78 is 5.13. The molecule has 168 valence electrons. The Morgan fingerprint density at radius 1 is 1.19 bits per heavy atom. The van der Waals surface area contributed by atoms with Crippen molar-refractivity contribution in [2.24, 2.45) is 22.4 Å². The quantitative estimate of drug-likeness (QED) is 0.400.